The molecule has 0 bridgehead atoms. The van der Waals surface area contributed by atoms with Gasteiger partial charge in [-0.1, -0.05) is 18.2 Å². The highest BCUT2D eigenvalue weighted by Crippen LogP contribution is 2.32. The lowest BCUT2D eigenvalue weighted by Gasteiger charge is -2.31. The highest BCUT2D eigenvalue weighted by atomic mass is 16.3. The molecule has 0 aliphatic carbocycles. The van der Waals surface area contributed by atoms with E-state index in [0.29, 0.717) is 19.1 Å². The number of aliphatic hydroxyl groups excluding tert-OH is 1. The molecule has 2 rings (SSSR count). The zero-order valence-electron chi connectivity index (χ0n) is 12.1. The quantitative estimate of drug-likeness (QED) is 0.849. The van der Waals surface area contributed by atoms with Gasteiger partial charge in [0.2, 0.25) is 0 Å². The summed E-state index contributed by atoms with van der Waals surface area (Å²) in [4.78, 5) is 4.51. The topological polar surface area (TPSA) is 52.7 Å². The fourth-order valence-electron chi connectivity index (χ4n) is 3.06. The van der Waals surface area contributed by atoms with Crippen molar-refractivity contribution in [2.45, 2.75) is 32.0 Å². The minimum atomic E-state index is -0.241. The first-order valence-electron chi connectivity index (χ1n) is 6.91. The second-order valence-electron chi connectivity index (χ2n) is 5.74. The second kappa shape index (κ2) is 5.90. The number of aryl methyl sites for hydroxylation is 1. The molecule has 4 heteroatoms. The summed E-state index contributed by atoms with van der Waals surface area (Å²) in [6.45, 7) is 4.32. The van der Waals surface area contributed by atoms with Crippen LogP contribution >= 0.6 is 0 Å². The number of nitrogens with two attached hydrogens (primary N) is 1. The predicted octanol–water partition coefficient (Wildman–Crippen LogP) is 0.955. The van der Waals surface area contributed by atoms with E-state index in [4.69, 9.17) is 5.73 Å². The van der Waals surface area contributed by atoms with E-state index >= 15 is 0 Å². The van der Waals surface area contributed by atoms with Gasteiger partial charge in [0.1, 0.15) is 0 Å². The molecule has 1 aliphatic rings. The van der Waals surface area contributed by atoms with Gasteiger partial charge in [-0.25, -0.2) is 0 Å². The molecule has 0 spiro atoms. The molecule has 2 atom stereocenters. The summed E-state index contributed by atoms with van der Waals surface area (Å²) in [5.41, 5.74) is 9.49. The Kier molecular flexibility index (Phi) is 4.45. The third-order valence-electron chi connectivity index (χ3n) is 3.80. The Morgan fingerprint density at radius 3 is 2.79 bits per heavy atom. The van der Waals surface area contributed by atoms with Crippen LogP contribution in [0.4, 0.5) is 5.69 Å². The molecule has 1 fully saturated rings. The van der Waals surface area contributed by atoms with Gasteiger partial charge in [0, 0.05) is 31.4 Å². The molecule has 1 aliphatic heterocycles. The molecule has 1 heterocycles. The molecule has 19 heavy (non-hydrogen) atoms. The third-order valence-corrected chi connectivity index (χ3v) is 3.80. The van der Waals surface area contributed by atoms with E-state index in [1.165, 1.54) is 11.3 Å². The van der Waals surface area contributed by atoms with Gasteiger partial charge in [-0.05, 0) is 38.6 Å². The standard InChI is InChI=1S/C15H25N3O/c1-11-5-4-6-12(8-16)15(11)18-10-14(19)7-13(18)9-17(2)3/h4-6,13-14,19H,7-10,16H2,1-3H3. The maximum absolute atomic E-state index is 10.0. The average molecular weight is 263 g/mol. The van der Waals surface area contributed by atoms with Gasteiger partial charge < -0.3 is 20.6 Å². The number of rotatable bonds is 4. The van der Waals surface area contributed by atoms with E-state index in [2.05, 4.69) is 49.0 Å². The van der Waals surface area contributed by atoms with Gasteiger partial charge in [-0.15, -0.1) is 0 Å². The number of aliphatic hydroxyl groups is 1. The minimum absolute atomic E-state index is 0.241. The van der Waals surface area contributed by atoms with Gasteiger partial charge in [0.05, 0.1) is 6.10 Å². The van der Waals surface area contributed by atoms with Crippen LogP contribution < -0.4 is 10.6 Å². The number of likely N-dealkylation sites (N-methyl/N-ethyl adjacent to an activating group) is 1. The Balaban J connectivity index is 2.33. The second-order valence-corrected chi connectivity index (χ2v) is 5.74. The van der Waals surface area contributed by atoms with Gasteiger partial charge in [-0.3, -0.25) is 0 Å². The number of hydrogen-bond donors (Lipinski definition) is 2. The van der Waals surface area contributed by atoms with Crippen molar-refractivity contribution < 1.29 is 5.11 Å². The first-order chi connectivity index (χ1) is 9.02. The molecule has 0 radical (unpaired) electrons. The predicted molar refractivity (Wildman–Crippen MR) is 79.4 cm³/mol. The summed E-state index contributed by atoms with van der Waals surface area (Å²) in [7, 11) is 4.15. The molecule has 0 amide bonds. The molecule has 106 valence electrons. The van der Waals surface area contributed by atoms with Gasteiger partial charge >= 0.3 is 0 Å². The summed E-state index contributed by atoms with van der Waals surface area (Å²) >= 11 is 0. The van der Waals surface area contributed by atoms with Crippen LogP contribution in [0.1, 0.15) is 17.5 Å². The van der Waals surface area contributed by atoms with E-state index in [0.717, 1.165) is 18.5 Å². The Morgan fingerprint density at radius 1 is 1.42 bits per heavy atom. The third kappa shape index (κ3) is 3.08. The lowest BCUT2D eigenvalue weighted by Crippen LogP contribution is -2.38. The highest BCUT2D eigenvalue weighted by molar-refractivity contribution is 5.61. The summed E-state index contributed by atoms with van der Waals surface area (Å²) in [6, 6.07) is 6.61. The smallest absolute Gasteiger partial charge is 0.0735 e. The van der Waals surface area contributed by atoms with Crippen molar-refractivity contribution >= 4 is 5.69 Å². The van der Waals surface area contributed by atoms with E-state index < -0.39 is 0 Å². The molecule has 1 saturated heterocycles. The maximum atomic E-state index is 10.0. The Morgan fingerprint density at radius 2 is 2.16 bits per heavy atom. The summed E-state index contributed by atoms with van der Waals surface area (Å²) in [5, 5.41) is 10.0. The first-order valence-corrected chi connectivity index (χ1v) is 6.91. The fraction of sp³-hybridized carbons (Fsp3) is 0.600. The number of hydrogen-bond acceptors (Lipinski definition) is 4. The van der Waals surface area contributed by atoms with Crippen molar-refractivity contribution in [2.24, 2.45) is 5.73 Å². The maximum Gasteiger partial charge on any atom is 0.0735 e. The van der Waals surface area contributed by atoms with Crippen LogP contribution in [0.25, 0.3) is 0 Å². The largest absolute Gasteiger partial charge is 0.391 e. The number of para-hydroxylation sites is 1. The van der Waals surface area contributed by atoms with Crippen LogP contribution in [0.5, 0.6) is 0 Å². The van der Waals surface area contributed by atoms with Crippen LogP contribution in [0.2, 0.25) is 0 Å². The van der Waals surface area contributed by atoms with Crippen molar-refractivity contribution in [3.05, 3.63) is 29.3 Å². The molecule has 0 aromatic heterocycles. The number of β-amino-alcohol motifs (C(OH)–C–C–N with tert-alkyl or cyclic N) is 1. The summed E-state index contributed by atoms with van der Waals surface area (Å²) in [6.07, 6.45) is 0.589. The average Bonchev–Trinajstić information content (AvgIpc) is 2.68. The van der Waals surface area contributed by atoms with Crippen molar-refractivity contribution in [1.29, 1.82) is 0 Å². The Labute approximate surface area is 115 Å². The first kappa shape index (κ1) is 14.3. The van der Waals surface area contributed by atoms with E-state index in [9.17, 15) is 5.11 Å². The van der Waals surface area contributed by atoms with Gasteiger partial charge in [0.15, 0.2) is 0 Å². The minimum Gasteiger partial charge on any atom is -0.391 e. The molecule has 4 nitrogen and oxygen atoms in total. The molecule has 2 unspecified atom stereocenters. The van der Waals surface area contributed by atoms with Gasteiger partial charge in [0.25, 0.3) is 0 Å². The van der Waals surface area contributed by atoms with Crippen LogP contribution in [-0.2, 0) is 6.54 Å². The van der Waals surface area contributed by atoms with Crippen LogP contribution in [-0.4, -0.2) is 49.3 Å². The van der Waals surface area contributed by atoms with Crippen molar-refractivity contribution in [2.75, 3.05) is 32.1 Å². The number of benzene rings is 1. The zero-order chi connectivity index (χ0) is 14.0. The lowest BCUT2D eigenvalue weighted by molar-refractivity contribution is 0.191. The normalized spacial score (nSPS) is 23.4. The van der Waals surface area contributed by atoms with Gasteiger partial charge in [-0.2, -0.15) is 0 Å². The molecule has 1 aromatic carbocycles. The summed E-state index contributed by atoms with van der Waals surface area (Å²) < 4.78 is 0. The van der Waals surface area contributed by atoms with Crippen LogP contribution in [0.15, 0.2) is 18.2 Å². The van der Waals surface area contributed by atoms with E-state index in [1.807, 2.05) is 0 Å². The van der Waals surface area contributed by atoms with Crippen molar-refractivity contribution in [3.8, 4) is 0 Å². The Bertz CT molecular complexity index is 433. The van der Waals surface area contributed by atoms with Crippen LogP contribution in [0, 0.1) is 6.92 Å². The van der Waals surface area contributed by atoms with Crippen molar-refractivity contribution in [3.63, 3.8) is 0 Å². The fourth-order valence-corrected chi connectivity index (χ4v) is 3.06. The molecule has 1 aromatic rings. The molecule has 3 N–H and O–H groups in total. The van der Waals surface area contributed by atoms with E-state index in [-0.39, 0.29) is 6.10 Å². The van der Waals surface area contributed by atoms with Crippen LogP contribution in [0.3, 0.4) is 0 Å². The van der Waals surface area contributed by atoms with Crippen molar-refractivity contribution in [1.82, 2.24) is 4.90 Å². The van der Waals surface area contributed by atoms with E-state index in [1.54, 1.807) is 0 Å². The molecular formula is C15H25N3O. The molecular weight excluding hydrogens is 238 g/mol. The highest BCUT2D eigenvalue weighted by Gasteiger charge is 2.32. The lowest BCUT2D eigenvalue weighted by atomic mass is 10.1. The monoisotopic (exact) mass is 263 g/mol. The zero-order valence-corrected chi connectivity index (χ0v) is 12.1. The SMILES string of the molecule is Cc1cccc(CN)c1N1CC(O)CC1CN(C)C. The molecule has 0 saturated carbocycles. The summed E-state index contributed by atoms with van der Waals surface area (Å²) in [5.74, 6) is 0. The number of nitrogens with zero attached hydrogens (tertiary/aromatic N) is 2. The number of anilines is 1. The Hall–Kier alpha value is -1.10.